The van der Waals surface area contributed by atoms with Crippen LogP contribution in [0.3, 0.4) is 0 Å². The van der Waals surface area contributed by atoms with Crippen molar-refractivity contribution >= 4 is 52.3 Å². The number of unbranched alkanes of at least 4 members (excludes halogenated alkanes) is 8. The van der Waals surface area contributed by atoms with E-state index in [1.54, 1.807) is 13.1 Å². The summed E-state index contributed by atoms with van der Waals surface area (Å²) in [7, 11) is 4.52. The van der Waals surface area contributed by atoms with Gasteiger partial charge in [0.05, 0.1) is 19.9 Å². The molecule has 1 aromatic carbocycles. The normalized spacial score (nSPS) is 11.4. The molecule has 0 aliphatic rings. The van der Waals surface area contributed by atoms with Gasteiger partial charge < -0.3 is 14.2 Å². The smallest absolute Gasteiger partial charge is 0.331 e. The van der Waals surface area contributed by atoms with E-state index in [1.807, 2.05) is 0 Å². The van der Waals surface area contributed by atoms with Gasteiger partial charge in [0.2, 0.25) is 0 Å². The molecule has 1 aromatic heterocycles. The second-order valence-corrected chi connectivity index (χ2v) is 12.4. The fourth-order valence-electron chi connectivity index (χ4n) is 4.36. The minimum Gasteiger partial charge on any atom is -0.495 e. The Morgan fingerprint density at radius 1 is 0.829 bits per heavy atom. The third kappa shape index (κ3) is 11.7. The number of carbonyl (C=O) groups excluding carboxylic acids is 1. The van der Waals surface area contributed by atoms with Gasteiger partial charge in [-0.05, 0) is 18.3 Å². The lowest BCUT2D eigenvalue weighted by atomic mass is 9.89. The molecule has 0 saturated carbocycles. The zero-order valence-electron chi connectivity index (χ0n) is 25.3. The van der Waals surface area contributed by atoms with Crippen LogP contribution >= 0.6 is 34.8 Å². The summed E-state index contributed by atoms with van der Waals surface area (Å²) < 4.78 is 16.8. The molecule has 0 fully saturated rings. The van der Waals surface area contributed by atoms with Crippen LogP contribution in [0.4, 0.5) is 16.3 Å². The van der Waals surface area contributed by atoms with E-state index in [9.17, 15) is 4.79 Å². The first-order valence-electron chi connectivity index (χ1n) is 14.2. The lowest BCUT2D eigenvalue weighted by Crippen LogP contribution is -2.43. The van der Waals surface area contributed by atoms with Crippen LogP contribution < -0.4 is 19.3 Å². The van der Waals surface area contributed by atoms with Gasteiger partial charge >= 0.3 is 6.03 Å². The Bertz CT molecular complexity index is 1070. The van der Waals surface area contributed by atoms with Crippen molar-refractivity contribution in [3.8, 4) is 11.5 Å². The van der Waals surface area contributed by atoms with Crippen LogP contribution in [0, 0.1) is 5.41 Å². The SMILES string of the molecule is COc1cc(OC)c(Cl)c(N(COCCCCCCCCCCCC(C)(C)C)C(=O)N(C)c2cc(Cl)ncn2)c1Cl. The van der Waals surface area contributed by atoms with Crippen molar-refractivity contribution in [3.05, 3.63) is 33.7 Å². The minimum atomic E-state index is -0.485. The van der Waals surface area contributed by atoms with Crippen LogP contribution in [0.1, 0.15) is 85.0 Å². The first-order valence-corrected chi connectivity index (χ1v) is 15.3. The largest absolute Gasteiger partial charge is 0.495 e. The summed E-state index contributed by atoms with van der Waals surface area (Å²) in [5.41, 5.74) is 0.649. The summed E-state index contributed by atoms with van der Waals surface area (Å²) >= 11 is 19.3. The number of rotatable bonds is 17. The van der Waals surface area contributed by atoms with Gasteiger partial charge in [-0.15, -0.1) is 0 Å². The molecule has 2 amide bonds. The van der Waals surface area contributed by atoms with Gasteiger partial charge in [0.15, 0.2) is 0 Å². The molecule has 0 aliphatic carbocycles. The van der Waals surface area contributed by atoms with E-state index in [2.05, 4.69) is 30.7 Å². The topological polar surface area (TPSA) is 77.0 Å². The van der Waals surface area contributed by atoms with Crippen molar-refractivity contribution < 1.29 is 19.0 Å². The highest BCUT2D eigenvalue weighted by Crippen LogP contribution is 2.46. The summed E-state index contributed by atoms with van der Waals surface area (Å²) in [4.78, 5) is 24.4. The maximum Gasteiger partial charge on any atom is 0.331 e. The maximum absolute atomic E-state index is 13.7. The molecule has 0 atom stereocenters. The van der Waals surface area contributed by atoms with Crippen molar-refractivity contribution in [1.82, 2.24) is 9.97 Å². The lowest BCUT2D eigenvalue weighted by Gasteiger charge is -2.29. The fourth-order valence-corrected chi connectivity index (χ4v) is 5.21. The standard InChI is InChI=1S/C30H45Cl3N4O4/c1-30(2,3)16-14-12-10-8-7-9-11-13-15-17-41-21-37(29(38)36(4)25-19-24(31)34-20-35-25)28-26(32)22(39-5)18-23(40-6)27(28)33/h18-20H,7-17,21H2,1-6H3. The van der Waals surface area contributed by atoms with Crippen molar-refractivity contribution in [2.24, 2.45) is 5.41 Å². The summed E-state index contributed by atoms with van der Waals surface area (Å²) in [5.74, 6) is 0.918. The van der Waals surface area contributed by atoms with E-state index in [1.165, 1.54) is 81.4 Å². The number of anilines is 2. The van der Waals surface area contributed by atoms with Crippen LogP contribution in [-0.4, -0.2) is 50.6 Å². The molecular weight excluding hydrogens is 587 g/mol. The van der Waals surface area contributed by atoms with Crippen LogP contribution in [0.15, 0.2) is 18.5 Å². The van der Waals surface area contributed by atoms with Crippen molar-refractivity contribution in [2.75, 3.05) is 44.4 Å². The van der Waals surface area contributed by atoms with Gasteiger partial charge in [-0.3, -0.25) is 9.80 Å². The molecule has 0 spiro atoms. The zero-order valence-corrected chi connectivity index (χ0v) is 27.5. The van der Waals surface area contributed by atoms with Gasteiger partial charge in [0, 0.05) is 25.8 Å². The number of hydrogen-bond donors (Lipinski definition) is 0. The predicted octanol–water partition coefficient (Wildman–Crippen LogP) is 9.44. The summed E-state index contributed by atoms with van der Waals surface area (Å²) in [6.07, 6.45) is 13.4. The van der Waals surface area contributed by atoms with Gasteiger partial charge in [-0.25, -0.2) is 14.8 Å². The average molecular weight is 632 g/mol. The van der Waals surface area contributed by atoms with Gasteiger partial charge in [0.25, 0.3) is 0 Å². The van der Waals surface area contributed by atoms with E-state index in [0.29, 0.717) is 29.3 Å². The Morgan fingerprint density at radius 2 is 1.37 bits per heavy atom. The monoisotopic (exact) mass is 630 g/mol. The van der Waals surface area contributed by atoms with Gasteiger partial charge in [-0.1, -0.05) is 107 Å². The summed E-state index contributed by atoms with van der Waals surface area (Å²) in [6.45, 7) is 7.31. The molecular formula is C30H45Cl3N4O4. The summed E-state index contributed by atoms with van der Waals surface area (Å²) in [6, 6.07) is 2.57. The molecule has 8 nitrogen and oxygen atoms in total. The van der Waals surface area contributed by atoms with E-state index in [-0.39, 0.29) is 27.6 Å². The number of carbonyl (C=O) groups is 1. The molecule has 0 N–H and O–H groups in total. The molecule has 230 valence electrons. The molecule has 0 unspecified atom stereocenters. The average Bonchev–Trinajstić information content (AvgIpc) is 2.93. The van der Waals surface area contributed by atoms with Gasteiger partial charge in [-0.2, -0.15) is 0 Å². The molecule has 2 rings (SSSR count). The Morgan fingerprint density at radius 3 is 1.88 bits per heavy atom. The number of urea groups is 1. The molecule has 0 saturated heterocycles. The highest BCUT2D eigenvalue weighted by atomic mass is 35.5. The second-order valence-electron chi connectivity index (χ2n) is 11.3. The third-order valence-corrected chi connectivity index (χ3v) is 7.67. The number of benzene rings is 1. The Hall–Kier alpha value is -2.00. The molecule has 0 bridgehead atoms. The Labute approximate surface area is 260 Å². The molecule has 1 heterocycles. The number of methoxy groups -OCH3 is 2. The van der Waals surface area contributed by atoms with Crippen LogP contribution in [0.25, 0.3) is 0 Å². The molecule has 0 radical (unpaired) electrons. The number of aromatic nitrogens is 2. The number of halogens is 3. The third-order valence-electron chi connectivity index (χ3n) is 6.74. The number of hydrogen-bond acceptors (Lipinski definition) is 6. The molecule has 2 aromatic rings. The van der Waals surface area contributed by atoms with E-state index >= 15 is 0 Å². The molecule has 41 heavy (non-hydrogen) atoms. The first-order chi connectivity index (χ1) is 19.5. The van der Waals surface area contributed by atoms with E-state index in [4.69, 9.17) is 49.0 Å². The fraction of sp³-hybridized carbons (Fsp3) is 0.633. The highest BCUT2D eigenvalue weighted by molar-refractivity contribution is 6.42. The van der Waals surface area contributed by atoms with Gasteiger partial charge in [0.1, 0.15) is 45.6 Å². The second kappa shape index (κ2) is 17.8. The van der Waals surface area contributed by atoms with Crippen molar-refractivity contribution in [1.29, 1.82) is 0 Å². The van der Waals surface area contributed by atoms with Crippen LogP contribution in [0.5, 0.6) is 11.5 Å². The van der Waals surface area contributed by atoms with Crippen LogP contribution in [0.2, 0.25) is 15.2 Å². The number of amides is 2. The quantitative estimate of drug-likeness (QED) is 0.0983. The Kier molecular flexibility index (Phi) is 15.3. The first kappa shape index (κ1) is 35.2. The predicted molar refractivity (Wildman–Crippen MR) is 169 cm³/mol. The van der Waals surface area contributed by atoms with Crippen LogP contribution in [-0.2, 0) is 4.74 Å². The molecule has 0 aliphatic heterocycles. The van der Waals surface area contributed by atoms with Crippen molar-refractivity contribution in [2.45, 2.75) is 85.0 Å². The van der Waals surface area contributed by atoms with E-state index in [0.717, 1.165) is 19.3 Å². The number of ether oxygens (including phenoxy) is 3. The molecule has 11 heteroatoms. The highest BCUT2D eigenvalue weighted by Gasteiger charge is 2.29. The number of nitrogens with zero attached hydrogens (tertiary/aromatic N) is 4. The zero-order chi connectivity index (χ0) is 30.4. The van der Waals surface area contributed by atoms with E-state index < -0.39 is 6.03 Å². The minimum absolute atomic E-state index is 0.0910. The summed E-state index contributed by atoms with van der Waals surface area (Å²) in [5, 5.41) is 0.516. The van der Waals surface area contributed by atoms with Crippen molar-refractivity contribution in [3.63, 3.8) is 0 Å². The lowest BCUT2D eigenvalue weighted by molar-refractivity contribution is 0.132. The maximum atomic E-state index is 13.7. The Balaban J connectivity index is 1.96.